The lowest BCUT2D eigenvalue weighted by molar-refractivity contribution is 0.0925. The predicted molar refractivity (Wildman–Crippen MR) is 89.9 cm³/mol. The van der Waals surface area contributed by atoms with Gasteiger partial charge in [-0.25, -0.2) is 4.98 Å². The summed E-state index contributed by atoms with van der Waals surface area (Å²) in [7, 11) is 1.80. The number of carbonyl (C=O) groups is 1. The van der Waals surface area contributed by atoms with Crippen LogP contribution in [0.2, 0.25) is 0 Å². The number of anilines is 1. The number of nitrogens with zero attached hydrogens (tertiary/aromatic N) is 4. The molecule has 3 aromatic rings. The molecule has 0 atom stereocenters. The zero-order valence-electron chi connectivity index (χ0n) is 13.5. The highest BCUT2D eigenvalue weighted by Gasteiger charge is 2.23. The Morgan fingerprint density at radius 2 is 2.12 bits per heavy atom. The van der Waals surface area contributed by atoms with E-state index in [1.807, 2.05) is 12.1 Å². The van der Waals surface area contributed by atoms with Crippen LogP contribution in [-0.2, 0) is 7.05 Å². The summed E-state index contributed by atoms with van der Waals surface area (Å²) in [5.41, 5.74) is 1.32. The summed E-state index contributed by atoms with van der Waals surface area (Å²) in [6.45, 7) is 1.70. The average molecular weight is 325 g/mol. The fraction of sp³-hybridized carbons (Fsp3) is 0.353. The lowest BCUT2D eigenvalue weighted by Gasteiger charge is -2.33. The van der Waals surface area contributed by atoms with E-state index in [-0.39, 0.29) is 11.9 Å². The first-order valence-electron chi connectivity index (χ1n) is 8.08. The monoisotopic (exact) mass is 325 g/mol. The molecule has 4 rings (SSSR count). The predicted octanol–water partition coefficient (Wildman–Crippen LogP) is 1.96. The molecule has 24 heavy (non-hydrogen) atoms. The van der Waals surface area contributed by atoms with Gasteiger partial charge in [0.15, 0.2) is 0 Å². The van der Waals surface area contributed by atoms with E-state index in [1.165, 1.54) is 0 Å². The second kappa shape index (κ2) is 5.99. The maximum absolute atomic E-state index is 12.2. The molecule has 0 saturated carbocycles. The minimum absolute atomic E-state index is 0.107. The maximum Gasteiger partial charge on any atom is 0.271 e. The van der Waals surface area contributed by atoms with Crippen molar-refractivity contribution in [3.05, 3.63) is 42.5 Å². The standard InChI is InChI=1S/C17H19N5O2/c1-21-8-5-14(20-21)17(23)19-12-3-9-22(10-4-12)16-13-6-11-24-15(13)2-7-18-16/h2,5-8,11-12H,3-4,9-10H2,1H3,(H,19,23). The molecule has 0 aromatic carbocycles. The van der Waals surface area contributed by atoms with Gasteiger partial charge in [0.25, 0.3) is 5.91 Å². The van der Waals surface area contributed by atoms with Crippen molar-refractivity contribution in [3.63, 3.8) is 0 Å². The van der Waals surface area contributed by atoms with Crippen molar-refractivity contribution in [3.8, 4) is 0 Å². The third-order valence-electron chi connectivity index (χ3n) is 4.43. The molecule has 1 aliphatic heterocycles. The van der Waals surface area contributed by atoms with Crippen molar-refractivity contribution in [1.29, 1.82) is 0 Å². The number of aryl methyl sites for hydroxylation is 1. The Morgan fingerprint density at radius 1 is 1.29 bits per heavy atom. The van der Waals surface area contributed by atoms with Crippen molar-refractivity contribution in [2.24, 2.45) is 7.05 Å². The quantitative estimate of drug-likeness (QED) is 0.796. The fourth-order valence-corrected chi connectivity index (χ4v) is 3.16. The van der Waals surface area contributed by atoms with Gasteiger partial charge in [0.2, 0.25) is 0 Å². The van der Waals surface area contributed by atoms with Crippen LogP contribution in [0.15, 0.2) is 41.3 Å². The Labute approximate surface area is 139 Å². The third-order valence-corrected chi connectivity index (χ3v) is 4.43. The topological polar surface area (TPSA) is 76.2 Å². The van der Waals surface area contributed by atoms with Gasteiger partial charge in [-0.3, -0.25) is 9.48 Å². The molecule has 0 spiro atoms. The van der Waals surface area contributed by atoms with Crippen molar-refractivity contribution < 1.29 is 9.21 Å². The molecule has 1 fully saturated rings. The van der Waals surface area contributed by atoms with Gasteiger partial charge in [-0.1, -0.05) is 0 Å². The van der Waals surface area contributed by atoms with Crippen LogP contribution >= 0.6 is 0 Å². The highest BCUT2D eigenvalue weighted by atomic mass is 16.3. The maximum atomic E-state index is 12.2. The molecule has 0 aliphatic carbocycles. The number of aromatic nitrogens is 3. The van der Waals surface area contributed by atoms with Gasteiger partial charge in [0.05, 0.1) is 11.6 Å². The van der Waals surface area contributed by atoms with Gasteiger partial charge in [0.1, 0.15) is 17.1 Å². The van der Waals surface area contributed by atoms with Crippen LogP contribution in [0, 0.1) is 0 Å². The van der Waals surface area contributed by atoms with Gasteiger partial charge in [-0.2, -0.15) is 5.10 Å². The molecule has 3 aromatic heterocycles. The fourth-order valence-electron chi connectivity index (χ4n) is 3.16. The highest BCUT2D eigenvalue weighted by Crippen LogP contribution is 2.27. The smallest absolute Gasteiger partial charge is 0.271 e. The molecule has 0 unspecified atom stereocenters. The zero-order valence-corrected chi connectivity index (χ0v) is 13.5. The Balaban J connectivity index is 1.40. The Hall–Kier alpha value is -2.83. The van der Waals surface area contributed by atoms with E-state index < -0.39 is 0 Å². The second-order valence-corrected chi connectivity index (χ2v) is 6.08. The largest absolute Gasteiger partial charge is 0.464 e. The summed E-state index contributed by atoms with van der Waals surface area (Å²) < 4.78 is 7.08. The first-order chi connectivity index (χ1) is 11.7. The summed E-state index contributed by atoms with van der Waals surface area (Å²) in [4.78, 5) is 18.9. The number of furan rings is 1. The van der Waals surface area contributed by atoms with Gasteiger partial charge < -0.3 is 14.6 Å². The van der Waals surface area contributed by atoms with Crippen LogP contribution in [0.1, 0.15) is 23.3 Å². The first-order valence-corrected chi connectivity index (χ1v) is 8.08. The molecular weight excluding hydrogens is 306 g/mol. The summed E-state index contributed by atoms with van der Waals surface area (Å²) in [5.74, 6) is 0.847. The van der Waals surface area contributed by atoms with E-state index in [2.05, 4.69) is 20.3 Å². The first kappa shape index (κ1) is 14.7. The average Bonchev–Trinajstić information content (AvgIpc) is 3.24. The van der Waals surface area contributed by atoms with E-state index in [9.17, 15) is 4.79 Å². The van der Waals surface area contributed by atoms with Crippen molar-refractivity contribution in [2.75, 3.05) is 18.0 Å². The van der Waals surface area contributed by atoms with Crippen LogP contribution in [0.4, 0.5) is 5.82 Å². The van der Waals surface area contributed by atoms with Gasteiger partial charge >= 0.3 is 0 Å². The number of nitrogens with one attached hydrogen (secondary N) is 1. The van der Waals surface area contributed by atoms with Crippen molar-refractivity contribution >= 4 is 22.7 Å². The SMILES string of the molecule is Cn1ccc(C(=O)NC2CCN(c3nccc4occc34)CC2)n1. The Kier molecular flexibility index (Phi) is 3.68. The number of hydrogen-bond acceptors (Lipinski definition) is 5. The molecule has 0 radical (unpaired) electrons. The molecule has 1 saturated heterocycles. The number of fused-ring (bicyclic) bond motifs is 1. The van der Waals surface area contributed by atoms with Crippen LogP contribution in [0.3, 0.4) is 0 Å². The Morgan fingerprint density at radius 3 is 2.88 bits per heavy atom. The van der Waals surface area contributed by atoms with Crippen molar-refractivity contribution in [2.45, 2.75) is 18.9 Å². The van der Waals surface area contributed by atoms with Gasteiger partial charge in [-0.05, 0) is 31.0 Å². The number of pyridine rings is 1. The van der Waals surface area contributed by atoms with E-state index in [0.717, 1.165) is 42.7 Å². The number of carbonyl (C=O) groups excluding carboxylic acids is 1. The van der Waals surface area contributed by atoms with Gasteiger partial charge in [-0.15, -0.1) is 0 Å². The van der Waals surface area contributed by atoms with Crippen LogP contribution in [0.5, 0.6) is 0 Å². The van der Waals surface area contributed by atoms with E-state index >= 15 is 0 Å². The highest BCUT2D eigenvalue weighted by molar-refractivity contribution is 5.92. The molecule has 7 heteroatoms. The summed E-state index contributed by atoms with van der Waals surface area (Å²) in [6.07, 6.45) is 7.00. The number of piperidine rings is 1. The summed E-state index contributed by atoms with van der Waals surface area (Å²) >= 11 is 0. The lowest BCUT2D eigenvalue weighted by atomic mass is 10.0. The molecule has 7 nitrogen and oxygen atoms in total. The zero-order chi connectivity index (χ0) is 16.5. The molecular formula is C17H19N5O2. The number of rotatable bonds is 3. The van der Waals surface area contributed by atoms with Crippen LogP contribution in [-0.4, -0.2) is 39.8 Å². The summed E-state index contributed by atoms with van der Waals surface area (Å²) in [5, 5.41) is 8.25. The molecule has 4 heterocycles. The van der Waals surface area contributed by atoms with Gasteiger partial charge in [0, 0.05) is 38.6 Å². The molecule has 1 N–H and O–H groups in total. The van der Waals surface area contributed by atoms with Crippen LogP contribution in [0.25, 0.3) is 11.0 Å². The minimum Gasteiger partial charge on any atom is -0.464 e. The van der Waals surface area contributed by atoms with E-state index in [4.69, 9.17) is 4.42 Å². The lowest BCUT2D eigenvalue weighted by Crippen LogP contribution is -2.45. The molecule has 1 amide bonds. The minimum atomic E-state index is -0.107. The molecule has 1 aliphatic rings. The second-order valence-electron chi connectivity index (χ2n) is 6.08. The molecule has 0 bridgehead atoms. The van der Waals surface area contributed by atoms with E-state index in [1.54, 1.807) is 36.5 Å². The van der Waals surface area contributed by atoms with Crippen molar-refractivity contribution in [1.82, 2.24) is 20.1 Å². The Bertz CT molecular complexity index is 861. The number of hydrogen-bond donors (Lipinski definition) is 1. The molecule has 124 valence electrons. The normalized spacial score (nSPS) is 15.8. The summed E-state index contributed by atoms with van der Waals surface area (Å²) in [6, 6.07) is 5.72. The van der Waals surface area contributed by atoms with E-state index in [0.29, 0.717) is 5.69 Å². The third kappa shape index (κ3) is 2.73. The van der Waals surface area contributed by atoms with Crippen LogP contribution < -0.4 is 10.2 Å². The number of amides is 1.